The lowest BCUT2D eigenvalue weighted by Crippen LogP contribution is -2.29. The molecular weight excluding hydrogens is 323 g/mol. The van der Waals surface area contributed by atoms with Gasteiger partial charge in [0.05, 0.1) is 20.5 Å². The van der Waals surface area contributed by atoms with Gasteiger partial charge < -0.3 is 10.4 Å². The van der Waals surface area contributed by atoms with Gasteiger partial charge in [0.25, 0.3) is 11.6 Å². The van der Waals surface area contributed by atoms with E-state index >= 15 is 0 Å². The molecule has 0 spiro atoms. The molecule has 1 amide bonds. The molecule has 0 heterocycles. The zero-order chi connectivity index (χ0) is 16.2. The molecule has 9 heteroatoms. The van der Waals surface area contributed by atoms with Gasteiger partial charge in [-0.2, -0.15) is 0 Å². The number of carboxylic acid groups (broad SMARTS) is 1. The molecular formula is C12H12Cl2N2O5. The molecule has 0 saturated heterocycles. The van der Waals surface area contributed by atoms with E-state index < -0.39 is 16.8 Å². The summed E-state index contributed by atoms with van der Waals surface area (Å²) >= 11 is 11.6. The van der Waals surface area contributed by atoms with Crippen LogP contribution in [-0.4, -0.2) is 28.5 Å². The summed E-state index contributed by atoms with van der Waals surface area (Å²) in [4.78, 5) is 32.5. The third-order valence-electron chi connectivity index (χ3n) is 2.60. The number of hydrogen-bond donors (Lipinski definition) is 2. The second-order valence-corrected chi connectivity index (χ2v) is 5.24. The molecule has 0 aromatic heterocycles. The van der Waals surface area contributed by atoms with Crippen LogP contribution < -0.4 is 5.32 Å². The van der Waals surface area contributed by atoms with Gasteiger partial charge in [-0.1, -0.05) is 30.1 Å². The normalized spacial score (nSPS) is 11.8. The molecule has 0 saturated carbocycles. The van der Waals surface area contributed by atoms with E-state index in [2.05, 4.69) is 5.32 Å². The lowest BCUT2D eigenvalue weighted by atomic mass is 10.1. The van der Waals surface area contributed by atoms with Crippen LogP contribution in [0.5, 0.6) is 0 Å². The SMILES string of the molecule is CC(CNC(=O)c1cc([N+](=O)[O-])cc(Cl)c1Cl)CC(=O)O. The minimum Gasteiger partial charge on any atom is -0.481 e. The number of nitrogens with one attached hydrogen (secondary N) is 1. The van der Waals surface area contributed by atoms with Crippen molar-refractivity contribution in [3.63, 3.8) is 0 Å². The van der Waals surface area contributed by atoms with E-state index in [9.17, 15) is 19.7 Å². The number of carbonyl (C=O) groups is 2. The third-order valence-corrected chi connectivity index (χ3v) is 3.40. The van der Waals surface area contributed by atoms with Crippen LogP contribution in [0.25, 0.3) is 0 Å². The first-order chi connectivity index (χ1) is 9.72. The number of nitro groups is 1. The number of rotatable bonds is 6. The Morgan fingerprint density at radius 1 is 1.43 bits per heavy atom. The molecule has 1 rings (SSSR count). The Balaban J connectivity index is 2.87. The molecule has 21 heavy (non-hydrogen) atoms. The molecule has 1 atom stereocenters. The number of benzene rings is 1. The molecule has 2 N–H and O–H groups in total. The molecule has 1 aromatic rings. The smallest absolute Gasteiger partial charge is 0.303 e. The molecule has 1 aromatic carbocycles. The minimum absolute atomic E-state index is 0.0920. The highest BCUT2D eigenvalue weighted by atomic mass is 35.5. The molecule has 0 aliphatic heterocycles. The Labute approximate surface area is 130 Å². The largest absolute Gasteiger partial charge is 0.481 e. The van der Waals surface area contributed by atoms with Crippen LogP contribution in [0, 0.1) is 16.0 Å². The second kappa shape index (κ2) is 7.24. The number of nitrogens with zero attached hydrogens (tertiary/aromatic N) is 1. The average Bonchev–Trinajstić information content (AvgIpc) is 2.37. The summed E-state index contributed by atoms with van der Waals surface area (Å²) in [5.74, 6) is -1.92. The first-order valence-corrected chi connectivity index (χ1v) is 6.61. The summed E-state index contributed by atoms with van der Waals surface area (Å²) in [5.41, 5.74) is -0.480. The summed E-state index contributed by atoms with van der Waals surface area (Å²) in [7, 11) is 0. The van der Waals surface area contributed by atoms with Crippen LogP contribution in [0.15, 0.2) is 12.1 Å². The van der Waals surface area contributed by atoms with Gasteiger partial charge in [-0.3, -0.25) is 19.7 Å². The molecule has 0 bridgehead atoms. The highest BCUT2D eigenvalue weighted by Gasteiger charge is 2.20. The summed E-state index contributed by atoms with van der Waals surface area (Å²) in [6.45, 7) is 1.75. The van der Waals surface area contributed by atoms with Crippen LogP contribution in [0.3, 0.4) is 0 Å². The number of nitro benzene ring substituents is 1. The lowest BCUT2D eigenvalue weighted by Gasteiger charge is -2.11. The van der Waals surface area contributed by atoms with Crippen LogP contribution in [-0.2, 0) is 4.79 Å². The van der Waals surface area contributed by atoms with Crippen molar-refractivity contribution in [2.75, 3.05) is 6.54 Å². The monoisotopic (exact) mass is 334 g/mol. The van der Waals surface area contributed by atoms with Crippen LogP contribution in [0.4, 0.5) is 5.69 Å². The first kappa shape index (κ1) is 17.2. The first-order valence-electron chi connectivity index (χ1n) is 5.85. The fraction of sp³-hybridized carbons (Fsp3) is 0.333. The molecule has 0 aliphatic carbocycles. The maximum atomic E-state index is 12.0. The van der Waals surface area contributed by atoms with Crippen molar-refractivity contribution >= 4 is 40.8 Å². The van der Waals surface area contributed by atoms with E-state index in [1.165, 1.54) is 0 Å². The molecule has 7 nitrogen and oxygen atoms in total. The van der Waals surface area contributed by atoms with Gasteiger partial charge in [0.15, 0.2) is 0 Å². The topological polar surface area (TPSA) is 110 Å². The maximum Gasteiger partial charge on any atom is 0.303 e. The number of amides is 1. The highest BCUT2D eigenvalue weighted by molar-refractivity contribution is 6.44. The summed E-state index contributed by atoms with van der Waals surface area (Å²) in [5, 5.41) is 21.6. The quantitative estimate of drug-likeness (QED) is 0.613. The van der Waals surface area contributed by atoms with Crippen molar-refractivity contribution < 1.29 is 19.6 Å². The van der Waals surface area contributed by atoms with Gasteiger partial charge in [-0.15, -0.1) is 0 Å². The Bertz CT molecular complexity index is 591. The van der Waals surface area contributed by atoms with Crippen molar-refractivity contribution in [2.24, 2.45) is 5.92 Å². The predicted molar refractivity (Wildman–Crippen MR) is 76.9 cm³/mol. The Hall–Kier alpha value is -1.86. The van der Waals surface area contributed by atoms with E-state index in [-0.39, 0.29) is 40.2 Å². The molecule has 0 radical (unpaired) electrons. The number of hydrogen-bond acceptors (Lipinski definition) is 4. The van der Waals surface area contributed by atoms with Crippen molar-refractivity contribution in [1.29, 1.82) is 0 Å². The number of carbonyl (C=O) groups excluding carboxylic acids is 1. The average molecular weight is 335 g/mol. The van der Waals surface area contributed by atoms with Gasteiger partial charge in [0.1, 0.15) is 0 Å². The number of aliphatic carboxylic acids is 1. The van der Waals surface area contributed by atoms with E-state index in [4.69, 9.17) is 28.3 Å². The summed E-state index contributed by atoms with van der Waals surface area (Å²) in [6, 6.07) is 2.07. The van der Waals surface area contributed by atoms with E-state index in [0.717, 1.165) is 12.1 Å². The van der Waals surface area contributed by atoms with Crippen molar-refractivity contribution in [2.45, 2.75) is 13.3 Å². The van der Waals surface area contributed by atoms with Crippen molar-refractivity contribution in [3.05, 3.63) is 37.9 Å². The van der Waals surface area contributed by atoms with Gasteiger partial charge in [-0.05, 0) is 5.92 Å². The standard InChI is InChI=1S/C12H12Cl2N2O5/c1-6(2-10(17)18)5-15-12(19)8-3-7(16(20)21)4-9(13)11(8)14/h3-4,6H,2,5H2,1H3,(H,15,19)(H,17,18). The van der Waals surface area contributed by atoms with Gasteiger partial charge in [0, 0.05) is 25.1 Å². The molecule has 1 unspecified atom stereocenters. The fourth-order valence-electron chi connectivity index (χ4n) is 1.58. The number of non-ortho nitro benzene ring substituents is 1. The number of carboxylic acids is 1. The zero-order valence-corrected chi connectivity index (χ0v) is 12.4. The Kier molecular flexibility index (Phi) is 5.92. The van der Waals surface area contributed by atoms with Gasteiger partial charge >= 0.3 is 5.97 Å². The van der Waals surface area contributed by atoms with E-state index in [1.807, 2.05) is 0 Å². The molecule has 114 valence electrons. The number of halogens is 2. The van der Waals surface area contributed by atoms with Gasteiger partial charge in [-0.25, -0.2) is 0 Å². The zero-order valence-electron chi connectivity index (χ0n) is 10.9. The van der Waals surface area contributed by atoms with Crippen LogP contribution in [0.2, 0.25) is 10.0 Å². The third kappa shape index (κ3) is 4.87. The highest BCUT2D eigenvalue weighted by Crippen LogP contribution is 2.30. The van der Waals surface area contributed by atoms with Crippen LogP contribution >= 0.6 is 23.2 Å². The molecule has 0 fully saturated rings. The summed E-state index contributed by atoms with van der Waals surface area (Å²) in [6.07, 6.45) is -0.107. The van der Waals surface area contributed by atoms with Crippen molar-refractivity contribution in [3.8, 4) is 0 Å². The fourth-order valence-corrected chi connectivity index (χ4v) is 1.99. The Morgan fingerprint density at radius 3 is 2.57 bits per heavy atom. The molecule has 0 aliphatic rings. The maximum absolute atomic E-state index is 12.0. The predicted octanol–water partition coefficient (Wildman–Crippen LogP) is 2.74. The Morgan fingerprint density at radius 2 is 2.05 bits per heavy atom. The van der Waals surface area contributed by atoms with E-state index in [0.29, 0.717) is 0 Å². The van der Waals surface area contributed by atoms with E-state index in [1.54, 1.807) is 6.92 Å². The van der Waals surface area contributed by atoms with Gasteiger partial charge in [0.2, 0.25) is 0 Å². The summed E-state index contributed by atoms with van der Waals surface area (Å²) < 4.78 is 0. The van der Waals surface area contributed by atoms with Crippen molar-refractivity contribution in [1.82, 2.24) is 5.32 Å². The lowest BCUT2D eigenvalue weighted by molar-refractivity contribution is -0.384. The minimum atomic E-state index is -0.979. The van der Waals surface area contributed by atoms with Crippen LogP contribution in [0.1, 0.15) is 23.7 Å². The second-order valence-electron chi connectivity index (χ2n) is 4.46.